The van der Waals surface area contributed by atoms with Crippen LogP contribution in [0, 0.1) is 0 Å². The number of hydrogen-bond acceptors (Lipinski definition) is 3. The highest BCUT2D eigenvalue weighted by molar-refractivity contribution is 6.30. The van der Waals surface area contributed by atoms with Gasteiger partial charge in [0.15, 0.2) is 5.78 Å². The van der Waals surface area contributed by atoms with Crippen LogP contribution in [0.5, 0.6) is 0 Å². The molecular weight excluding hydrogens is 311 g/mol. The number of benzene rings is 1. The molecule has 0 aliphatic carbocycles. The largest absolute Gasteiger partial charge is 0.311 e. The van der Waals surface area contributed by atoms with Crippen LogP contribution >= 0.6 is 23.2 Å². The van der Waals surface area contributed by atoms with Crippen molar-refractivity contribution in [3.05, 3.63) is 58.2 Å². The van der Waals surface area contributed by atoms with Crippen molar-refractivity contribution in [1.29, 1.82) is 0 Å². The molecule has 0 radical (unpaired) electrons. The van der Waals surface area contributed by atoms with Gasteiger partial charge in [-0.3, -0.25) is 9.59 Å². The molecular formula is C15H12Cl2N2O2. The van der Waals surface area contributed by atoms with E-state index < -0.39 is 0 Å². The number of carbonyl (C=O) groups is 2. The van der Waals surface area contributed by atoms with E-state index in [-0.39, 0.29) is 24.5 Å². The van der Waals surface area contributed by atoms with Gasteiger partial charge in [0.05, 0.1) is 0 Å². The summed E-state index contributed by atoms with van der Waals surface area (Å²) in [5.41, 5.74) is 0.535. The molecule has 0 aliphatic rings. The summed E-state index contributed by atoms with van der Waals surface area (Å²) in [5, 5.41) is 3.45. The third-order valence-corrected chi connectivity index (χ3v) is 3.19. The van der Waals surface area contributed by atoms with Gasteiger partial charge in [0.25, 0.3) is 0 Å². The van der Waals surface area contributed by atoms with Gasteiger partial charge < -0.3 is 5.32 Å². The zero-order valence-corrected chi connectivity index (χ0v) is 12.5. The molecule has 0 fully saturated rings. The Morgan fingerprint density at radius 3 is 2.38 bits per heavy atom. The highest BCUT2D eigenvalue weighted by Gasteiger charge is 2.10. The number of amides is 1. The fourth-order valence-electron chi connectivity index (χ4n) is 1.69. The molecule has 1 N–H and O–H groups in total. The van der Waals surface area contributed by atoms with E-state index in [2.05, 4.69) is 10.3 Å². The van der Waals surface area contributed by atoms with Gasteiger partial charge in [-0.25, -0.2) is 4.98 Å². The van der Waals surface area contributed by atoms with Crippen LogP contribution in [0.3, 0.4) is 0 Å². The van der Waals surface area contributed by atoms with Gasteiger partial charge in [-0.2, -0.15) is 0 Å². The Balaban J connectivity index is 1.86. The SMILES string of the molecule is O=C(CCC(=O)c1ccc(Cl)cc1)Nc1cccc(Cl)n1. The first-order valence-corrected chi connectivity index (χ1v) is 7.01. The van der Waals surface area contributed by atoms with E-state index in [1.807, 2.05) is 0 Å². The minimum atomic E-state index is -0.285. The van der Waals surface area contributed by atoms with Crippen LogP contribution in [0.2, 0.25) is 10.2 Å². The van der Waals surface area contributed by atoms with Crippen LogP contribution < -0.4 is 5.32 Å². The maximum Gasteiger partial charge on any atom is 0.225 e. The second-order valence-corrected chi connectivity index (χ2v) is 5.15. The average molecular weight is 323 g/mol. The van der Waals surface area contributed by atoms with Crippen LogP contribution in [-0.2, 0) is 4.79 Å². The van der Waals surface area contributed by atoms with Gasteiger partial charge in [0.1, 0.15) is 11.0 Å². The smallest absolute Gasteiger partial charge is 0.225 e. The maximum atomic E-state index is 11.9. The van der Waals surface area contributed by atoms with Crippen LogP contribution in [-0.4, -0.2) is 16.7 Å². The van der Waals surface area contributed by atoms with E-state index in [1.54, 1.807) is 42.5 Å². The summed E-state index contributed by atoms with van der Waals surface area (Å²) >= 11 is 11.5. The molecule has 0 unspecified atom stereocenters. The van der Waals surface area contributed by atoms with Crippen LogP contribution in [0.25, 0.3) is 0 Å². The number of halogens is 2. The summed E-state index contributed by atoms with van der Waals surface area (Å²) in [4.78, 5) is 27.6. The number of nitrogens with zero attached hydrogens (tertiary/aromatic N) is 1. The minimum absolute atomic E-state index is 0.0790. The molecule has 0 bridgehead atoms. The molecule has 1 aromatic carbocycles. The molecule has 2 aromatic rings. The highest BCUT2D eigenvalue weighted by atomic mass is 35.5. The molecule has 1 amide bonds. The lowest BCUT2D eigenvalue weighted by Crippen LogP contribution is -2.14. The van der Waals surface area contributed by atoms with Crippen molar-refractivity contribution in [2.24, 2.45) is 0 Å². The highest BCUT2D eigenvalue weighted by Crippen LogP contribution is 2.13. The lowest BCUT2D eigenvalue weighted by Gasteiger charge is -2.04. The number of pyridine rings is 1. The predicted molar refractivity (Wildman–Crippen MR) is 82.9 cm³/mol. The molecule has 1 aromatic heterocycles. The van der Waals surface area contributed by atoms with Crippen molar-refractivity contribution in [3.8, 4) is 0 Å². The summed E-state index contributed by atoms with van der Waals surface area (Å²) in [6.45, 7) is 0. The second-order valence-electron chi connectivity index (χ2n) is 4.32. The average Bonchev–Trinajstić information content (AvgIpc) is 2.45. The number of Topliss-reactive ketones (excluding diaryl/α,β-unsaturated/α-hetero) is 1. The summed E-state index contributed by atoms with van der Waals surface area (Å²) in [5.74, 6) is -0.0283. The van der Waals surface area contributed by atoms with Gasteiger partial charge in [-0.15, -0.1) is 0 Å². The summed E-state index contributed by atoms with van der Waals surface area (Å²) in [7, 11) is 0. The number of aromatic nitrogens is 1. The summed E-state index contributed by atoms with van der Waals surface area (Å²) < 4.78 is 0. The number of hydrogen-bond donors (Lipinski definition) is 1. The van der Waals surface area contributed by atoms with Crippen molar-refractivity contribution >= 4 is 40.7 Å². The van der Waals surface area contributed by atoms with E-state index >= 15 is 0 Å². The molecule has 0 aliphatic heterocycles. The van der Waals surface area contributed by atoms with E-state index in [4.69, 9.17) is 23.2 Å². The van der Waals surface area contributed by atoms with E-state index in [1.165, 1.54) is 0 Å². The predicted octanol–water partition coefficient (Wildman–Crippen LogP) is 3.99. The van der Waals surface area contributed by atoms with Crippen molar-refractivity contribution in [2.75, 3.05) is 5.32 Å². The van der Waals surface area contributed by atoms with E-state index in [0.29, 0.717) is 21.6 Å². The first-order valence-electron chi connectivity index (χ1n) is 6.26. The minimum Gasteiger partial charge on any atom is -0.311 e. The van der Waals surface area contributed by atoms with Crippen LogP contribution in [0.1, 0.15) is 23.2 Å². The molecule has 0 saturated heterocycles. The summed E-state index contributed by atoms with van der Waals surface area (Å²) in [6.07, 6.45) is 0.198. The van der Waals surface area contributed by atoms with Crippen molar-refractivity contribution < 1.29 is 9.59 Å². The Morgan fingerprint density at radius 2 is 1.71 bits per heavy atom. The fraction of sp³-hybridized carbons (Fsp3) is 0.133. The third kappa shape index (κ3) is 4.85. The van der Waals surface area contributed by atoms with Gasteiger partial charge in [0.2, 0.25) is 5.91 Å². The zero-order valence-electron chi connectivity index (χ0n) is 11.0. The standard InChI is InChI=1S/C15H12Cl2N2O2/c16-11-6-4-10(5-7-11)12(20)8-9-15(21)19-14-3-1-2-13(17)18-14/h1-7H,8-9H2,(H,18,19,21). The first kappa shape index (κ1) is 15.5. The first-order chi connectivity index (χ1) is 10.0. The van der Waals surface area contributed by atoms with Crippen LogP contribution in [0.15, 0.2) is 42.5 Å². The molecule has 6 heteroatoms. The van der Waals surface area contributed by atoms with Crippen molar-refractivity contribution in [3.63, 3.8) is 0 Å². The van der Waals surface area contributed by atoms with Gasteiger partial charge in [-0.05, 0) is 36.4 Å². The topological polar surface area (TPSA) is 59.1 Å². The zero-order chi connectivity index (χ0) is 15.2. The second kappa shape index (κ2) is 7.20. The number of rotatable bonds is 5. The quantitative estimate of drug-likeness (QED) is 0.668. The molecule has 0 spiro atoms. The molecule has 108 valence electrons. The lowest BCUT2D eigenvalue weighted by atomic mass is 10.1. The molecule has 2 rings (SSSR count). The maximum absolute atomic E-state index is 11.9. The van der Waals surface area contributed by atoms with Crippen molar-refractivity contribution in [1.82, 2.24) is 4.98 Å². The van der Waals surface area contributed by atoms with Crippen LogP contribution in [0.4, 0.5) is 5.82 Å². The summed E-state index contributed by atoms with van der Waals surface area (Å²) in [6, 6.07) is 11.5. The fourth-order valence-corrected chi connectivity index (χ4v) is 1.98. The molecule has 0 atom stereocenters. The van der Waals surface area contributed by atoms with Gasteiger partial charge >= 0.3 is 0 Å². The number of carbonyl (C=O) groups excluding carboxylic acids is 2. The van der Waals surface area contributed by atoms with Crippen molar-refractivity contribution in [2.45, 2.75) is 12.8 Å². The molecule has 1 heterocycles. The van der Waals surface area contributed by atoms with E-state index in [0.717, 1.165) is 0 Å². The molecule has 0 saturated carbocycles. The Morgan fingerprint density at radius 1 is 1.00 bits per heavy atom. The molecule has 4 nitrogen and oxygen atoms in total. The third-order valence-electron chi connectivity index (χ3n) is 2.73. The number of nitrogens with one attached hydrogen (secondary N) is 1. The number of anilines is 1. The van der Waals surface area contributed by atoms with E-state index in [9.17, 15) is 9.59 Å². The Bertz CT molecular complexity index is 657. The normalized spacial score (nSPS) is 10.2. The Hall–Kier alpha value is -1.91. The lowest BCUT2D eigenvalue weighted by molar-refractivity contribution is -0.116. The monoisotopic (exact) mass is 322 g/mol. The Labute approximate surface area is 132 Å². The van der Waals surface area contributed by atoms with Gasteiger partial charge in [0, 0.05) is 23.4 Å². The van der Waals surface area contributed by atoms with Gasteiger partial charge in [-0.1, -0.05) is 29.3 Å². The Kier molecular flexibility index (Phi) is 5.31. The molecule has 21 heavy (non-hydrogen) atoms. The number of ketones is 1.